The molecule has 1 aliphatic rings. The normalized spacial score (nSPS) is 22.0. The van der Waals surface area contributed by atoms with E-state index in [0.717, 1.165) is 51.9 Å². The minimum absolute atomic E-state index is 0.0541. The highest BCUT2D eigenvalue weighted by Crippen LogP contribution is 2.17. The summed E-state index contributed by atoms with van der Waals surface area (Å²) in [7, 11) is 3.20. The monoisotopic (exact) mass is 229 g/mol. The van der Waals surface area contributed by atoms with Gasteiger partial charge in [0.2, 0.25) is 0 Å². The highest BCUT2D eigenvalue weighted by atomic mass is 16.5. The van der Waals surface area contributed by atoms with Gasteiger partial charge in [-0.3, -0.25) is 4.79 Å². The molecular formula is C12H23NO3. The summed E-state index contributed by atoms with van der Waals surface area (Å²) in [6, 6.07) is 0. The minimum atomic E-state index is -0.0541. The maximum Gasteiger partial charge on any atom is 0.309 e. The van der Waals surface area contributed by atoms with E-state index >= 15 is 0 Å². The van der Waals surface area contributed by atoms with Crippen LogP contribution in [0.1, 0.15) is 25.7 Å². The summed E-state index contributed by atoms with van der Waals surface area (Å²) in [5.74, 6) is 0.0303. The van der Waals surface area contributed by atoms with Crippen molar-refractivity contribution in [3.8, 4) is 0 Å². The summed E-state index contributed by atoms with van der Waals surface area (Å²) >= 11 is 0. The van der Waals surface area contributed by atoms with E-state index in [2.05, 4.69) is 4.90 Å². The van der Waals surface area contributed by atoms with E-state index < -0.39 is 0 Å². The van der Waals surface area contributed by atoms with Gasteiger partial charge in [0, 0.05) is 20.3 Å². The van der Waals surface area contributed by atoms with Crippen molar-refractivity contribution in [2.45, 2.75) is 25.7 Å². The smallest absolute Gasteiger partial charge is 0.309 e. The third-order valence-corrected chi connectivity index (χ3v) is 3.11. The van der Waals surface area contributed by atoms with Crippen molar-refractivity contribution in [3.63, 3.8) is 0 Å². The third kappa shape index (κ3) is 4.49. The first-order valence-corrected chi connectivity index (χ1v) is 6.07. The van der Waals surface area contributed by atoms with E-state index in [-0.39, 0.29) is 11.9 Å². The largest absolute Gasteiger partial charge is 0.469 e. The molecule has 0 unspecified atom stereocenters. The summed E-state index contributed by atoms with van der Waals surface area (Å²) in [5, 5.41) is 0. The van der Waals surface area contributed by atoms with Crippen LogP contribution >= 0.6 is 0 Å². The van der Waals surface area contributed by atoms with Crippen molar-refractivity contribution in [1.82, 2.24) is 4.90 Å². The lowest BCUT2D eigenvalue weighted by Crippen LogP contribution is -2.39. The van der Waals surface area contributed by atoms with Crippen LogP contribution in [-0.2, 0) is 14.3 Å². The molecule has 1 heterocycles. The summed E-state index contributed by atoms with van der Waals surface area (Å²) in [4.78, 5) is 13.8. The molecule has 0 aromatic carbocycles. The van der Waals surface area contributed by atoms with Gasteiger partial charge in [-0.25, -0.2) is 0 Å². The number of unbranched alkanes of at least 4 members (excludes halogenated alkanes) is 1. The number of methoxy groups -OCH3 is 2. The van der Waals surface area contributed by atoms with Gasteiger partial charge in [0.05, 0.1) is 13.0 Å². The first-order valence-electron chi connectivity index (χ1n) is 6.07. The predicted molar refractivity (Wildman–Crippen MR) is 62.3 cm³/mol. The fraction of sp³-hybridized carbons (Fsp3) is 0.917. The second-order valence-electron chi connectivity index (χ2n) is 4.36. The molecule has 1 rings (SSSR count). The first-order chi connectivity index (χ1) is 7.77. The van der Waals surface area contributed by atoms with Gasteiger partial charge < -0.3 is 14.4 Å². The molecule has 0 N–H and O–H groups in total. The molecule has 0 aromatic rings. The maximum absolute atomic E-state index is 11.4. The Labute approximate surface area is 97.9 Å². The zero-order valence-corrected chi connectivity index (χ0v) is 10.4. The first kappa shape index (κ1) is 13.5. The molecular weight excluding hydrogens is 206 g/mol. The molecule has 0 saturated carbocycles. The Balaban J connectivity index is 2.20. The lowest BCUT2D eigenvalue weighted by atomic mass is 9.98. The van der Waals surface area contributed by atoms with Crippen LogP contribution in [0.4, 0.5) is 0 Å². The summed E-state index contributed by atoms with van der Waals surface area (Å²) < 4.78 is 9.81. The quantitative estimate of drug-likeness (QED) is 0.508. The number of piperidine rings is 1. The van der Waals surface area contributed by atoms with Gasteiger partial charge in [0.15, 0.2) is 0 Å². The van der Waals surface area contributed by atoms with E-state index in [0.29, 0.717) is 0 Å². The summed E-state index contributed by atoms with van der Waals surface area (Å²) in [6.45, 7) is 3.87. The highest BCUT2D eigenvalue weighted by molar-refractivity contribution is 5.72. The standard InChI is InChI=1S/C12H23NO3/c1-15-9-4-3-7-13-8-5-6-11(10-13)12(14)16-2/h11H,3-10H2,1-2H3/t11-/m0/s1. The number of ether oxygens (including phenoxy) is 2. The molecule has 4 nitrogen and oxygen atoms in total. The number of hydrogen-bond donors (Lipinski definition) is 0. The second-order valence-corrected chi connectivity index (χ2v) is 4.36. The van der Waals surface area contributed by atoms with Gasteiger partial charge in [-0.1, -0.05) is 0 Å². The highest BCUT2D eigenvalue weighted by Gasteiger charge is 2.25. The number of carbonyl (C=O) groups is 1. The Kier molecular flexibility index (Phi) is 6.42. The van der Waals surface area contributed by atoms with Crippen LogP contribution in [0.3, 0.4) is 0 Å². The number of likely N-dealkylation sites (tertiary alicyclic amines) is 1. The van der Waals surface area contributed by atoms with Gasteiger partial charge in [-0.15, -0.1) is 0 Å². The third-order valence-electron chi connectivity index (χ3n) is 3.11. The average Bonchev–Trinajstić information content (AvgIpc) is 2.34. The van der Waals surface area contributed by atoms with E-state index in [4.69, 9.17) is 9.47 Å². The Morgan fingerprint density at radius 3 is 2.88 bits per heavy atom. The maximum atomic E-state index is 11.4. The number of carbonyl (C=O) groups excluding carboxylic acids is 1. The van der Waals surface area contributed by atoms with Gasteiger partial charge in [-0.2, -0.15) is 0 Å². The Morgan fingerprint density at radius 2 is 2.19 bits per heavy atom. The topological polar surface area (TPSA) is 38.8 Å². The molecule has 1 atom stereocenters. The summed E-state index contributed by atoms with van der Waals surface area (Å²) in [5.41, 5.74) is 0. The minimum Gasteiger partial charge on any atom is -0.469 e. The number of nitrogens with zero attached hydrogens (tertiary/aromatic N) is 1. The molecule has 0 spiro atoms. The van der Waals surface area contributed by atoms with E-state index in [1.54, 1.807) is 7.11 Å². The fourth-order valence-corrected chi connectivity index (χ4v) is 2.20. The Hall–Kier alpha value is -0.610. The van der Waals surface area contributed by atoms with Crippen LogP contribution in [0.25, 0.3) is 0 Å². The van der Waals surface area contributed by atoms with Gasteiger partial charge in [0.1, 0.15) is 0 Å². The second kappa shape index (κ2) is 7.63. The molecule has 0 bridgehead atoms. The van der Waals surface area contributed by atoms with Crippen LogP contribution in [0, 0.1) is 5.92 Å². The molecule has 1 aliphatic heterocycles. The molecule has 0 aliphatic carbocycles. The van der Waals surface area contributed by atoms with Crippen molar-refractivity contribution in [1.29, 1.82) is 0 Å². The van der Waals surface area contributed by atoms with Crippen molar-refractivity contribution in [2.24, 2.45) is 5.92 Å². The van der Waals surface area contributed by atoms with Crippen molar-refractivity contribution >= 4 is 5.97 Å². The predicted octanol–water partition coefficient (Wildman–Crippen LogP) is 1.30. The molecule has 16 heavy (non-hydrogen) atoms. The Morgan fingerprint density at radius 1 is 1.38 bits per heavy atom. The molecule has 4 heteroatoms. The molecule has 0 amide bonds. The van der Waals surface area contributed by atoms with Gasteiger partial charge in [-0.05, 0) is 38.8 Å². The van der Waals surface area contributed by atoms with E-state index in [9.17, 15) is 4.79 Å². The van der Waals surface area contributed by atoms with Crippen molar-refractivity contribution < 1.29 is 14.3 Å². The van der Waals surface area contributed by atoms with Crippen LogP contribution in [0.5, 0.6) is 0 Å². The number of rotatable bonds is 6. The van der Waals surface area contributed by atoms with Crippen molar-refractivity contribution in [2.75, 3.05) is 40.5 Å². The molecule has 0 aromatic heterocycles. The van der Waals surface area contributed by atoms with Gasteiger partial charge in [0.25, 0.3) is 0 Å². The lowest BCUT2D eigenvalue weighted by Gasteiger charge is -2.31. The fourth-order valence-electron chi connectivity index (χ4n) is 2.20. The lowest BCUT2D eigenvalue weighted by molar-refractivity contribution is -0.147. The van der Waals surface area contributed by atoms with Crippen LogP contribution in [0.15, 0.2) is 0 Å². The summed E-state index contributed by atoms with van der Waals surface area (Å²) in [6.07, 6.45) is 4.31. The van der Waals surface area contributed by atoms with Crippen molar-refractivity contribution in [3.05, 3.63) is 0 Å². The number of hydrogen-bond acceptors (Lipinski definition) is 4. The molecule has 1 saturated heterocycles. The van der Waals surface area contributed by atoms with E-state index in [1.807, 2.05) is 0 Å². The zero-order chi connectivity index (χ0) is 11.8. The van der Waals surface area contributed by atoms with E-state index in [1.165, 1.54) is 7.11 Å². The SMILES string of the molecule is COCCCCN1CCC[C@H](C(=O)OC)C1. The number of esters is 1. The molecule has 0 radical (unpaired) electrons. The zero-order valence-electron chi connectivity index (χ0n) is 10.4. The Bertz CT molecular complexity index is 208. The van der Waals surface area contributed by atoms with Crippen LogP contribution < -0.4 is 0 Å². The molecule has 1 fully saturated rings. The van der Waals surface area contributed by atoms with Gasteiger partial charge >= 0.3 is 5.97 Å². The average molecular weight is 229 g/mol. The molecule has 94 valence electrons. The van der Waals surface area contributed by atoms with Crippen LogP contribution in [-0.4, -0.2) is 51.3 Å². The van der Waals surface area contributed by atoms with Crippen LogP contribution in [0.2, 0.25) is 0 Å².